The van der Waals surface area contributed by atoms with Crippen molar-refractivity contribution in [3.8, 4) is 0 Å². The van der Waals surface area contributed by atoms with E-state index in [1.54, 1.807) is 0 Å². The molecule has 0 radical (unpaired) electrons. The second-order valence-corrected chi connectivity index (χ2v) is 9.36. The van der Waals surface area contributed by atoms with Gasteiger partial charge in [-0.25, -0.2) is 12.8 Å². The molecule has 10 heteroatoms. The van der Waals surface area contributed by atoms with E-state index >= 15 is 0 Å². The van der Waals surface area contributed by atoms with Gasteiger partial charge in [-0.2, -0.15) is 4.72 Å². The Labute approximate surface area is 166 Å². The number of halogens is 1. The SMILES string of the molecule is C[C@@H](NS(=O)(=O)c1ccc(F)cc1)C(=O)NNC(=O)c1cc2c(s1)CCCC2. The van der Waals surface area contributed by atoms with Crippen LogP contribution in [0.3, 0.4) is 0 Å². The molecule has 0 fully saturated rings. The first-order chi connectivity index (χ1) is 13.3. The first-order valence-electron chi connectivity index (χ1n) is 8.76. The minimum atomic E-state index is -4.00. The lowest BCUT2D eigenvalue weighted by Gasteiger charge is -2.14. The first kappa shape index (κ1) is 20.4. The monoisotopic (exact) mass is 425 g/mol. The Hall–Kier alpha value is -2.30. The molecular formula is C18H20FN3O4S2. The van der Waals surface area contributed by atoms with Gasteiger partial charge in [0.05, 0.1) is 15.8 Å². The van der Waals surface area contributed by atoms with Crippen LogP contribution in [0.5, 0.6) is 0 Å². The van der Waals surface area contributed by atoms with Crippen LogP contribution in [0.4, 0.5) is 4.39 Å². The van der Waals surface area contributed by atoms with Crippen LogP contribution in [0.15, 0.2) is 35.2 Å². The molecule has 1 aliphatic rings. The van der Waals surface area contributed by atoms with Gasteiger partial charge in [-0.15, -0.1) is 11.3 Å². The third-order valence-electron chi connectivity index (χ3n) is 4.37. The van der Waals surface area contributed by atoms with Gasteiger partial charge in [0.15, 0.2) is 0 Å². The van der Waals surface area contributed by atoms with Gasteiger partial charge in [-0.3, -0.25) is 20.4 Å². The van der Waals surface area contributed by atoms with Crippen molar-refractivity contribution in [2.24, 2.45) is 0 Å². The zero-order valence-corrected chi connectivity index (χ0v) is 16.8. The highest BCUT2D eigenvalue weighted by atomic mass is 32.2. The van der Waals surface area contributed by atoms with Crippen LogP contribution in [0.2, 0.25) is 0 Å². The quantitative estimate of drug-likeness (QED) is 0.637. The van der Waals surface area contributed by atoms with E-state index in [1.807, 2.05) is 6.07 Å². The second-order valence-electron chi connectivity index (χ2n) is 6.51. The molecule has 3 rings (SSSR count). The highest BCUT2D eigenvalue weighted by molar-refractivity contribution is 7.89. The lowest BCUT2D eigenvalue weighted by atomic mass is 9.99. The minimum absolute atomic E-state index is 0.165. The number of hydrogen-bond donors (Lipinski definition) is 3. The van der Waals surface area contributed by atoms with Crippen molar-refractivity contribution in [2.45, 2.75) is 43.5 Å². The topological polar surface area (TPSA) is 104 Å². The minimum Gasteiger partial charge on any atom is -0.271 e. The van der Waals surface area contributed by atoms with Crippen molar-refractivity contribution in [2.75, 3.05) is 0 Å². The lowest BCUT2D eigenvalue weighted by Crippen LogP contribution is -2.50. The Morgan fingerprint density at radius 2 is 1.79 bits per heavy atom. The molecule has 0 spiro atoms. The number of aryl methyl sites for hydroxylation is 2. The Kier molecular flexibility index (Phi) is 6.11. The van der Waals surface area contributed by atoms with E-state index in [4.69, 9.17) is 0 Å². The number of rotatable bonds is 5. The molecule has 150 valence electrons. The van der Waals surface area contributed by atoms with E-state index in [9.17, 15) is 22.4 Å². The first-order valence-corrected chi connectivity index (χ1v) is 11.1. The number of nitrogens with one attached hydrogen (secondary N) is 3. The fourth-order valence-corrected chi connectivity index (χ4v) is 5.21. The van der Waals surface area contributed by atoms with Crippen molar-refractivity contribution >= 4 is 33.2 Å². The number of benzene rings is 1. The number of thiophene rings is 1. The van der Waals surface area contributed by atoms with Crippen molar-refractivity contribution in [1.29, 1.82) is 0 Å². The van der Waals surface area contributed by atoms with Gasteiger partial charge in [0.25, 0.3) is 11.8 Å². The molecule has 1 aromatic heterocycles. The molecule has 1 atom stereocenters. The predicted molar refractivity (Wildman–Crippen MR) is 103 cm³/mol. The fourth-order valence-electron chi connectivity index (χ4n) is 2.86. The summed E-state index contributed by atoms with van der Waals surface area (Å²) in [7, 11) is -4.00. The molecular weight excluding hydrogens is 405 g/mol. The van der Waals surface area contributed by atoms with Gasteiger partial charge in [0.2, 0.25) is 10.0 Å². The highest BCUT2D eigenvalue weighted by Crippen LogP contribution is 2.29. The van der Waals surface area contributed by atoms with Crippen LogP contribution < -0.4 is 15.6 Å². The number of fused-ring (bicyclic) bond motifs is 1. The predicted octanol–water partition coefficient (Wildman–Crippen LogP) is 1.89. The smallest absolute Gasteiger partial charge is 0.271 e. The molecule has 2 aromatic rings. The summed E-state index contributed by atoms with van der Waals surface area (Å²) in [6, 6.07) is 4.92. The molecule has 7 nitrogen and oxygen atoms in total. The number of hydrazine groups is 1. The third-order valence-corrected chi connectivity index (χ3v) is 7.16. The molecule has 1 aromatic carbocycles. The molecule has 2 amide bonds. The van der Waals surface area contributed by atoms with Crippen LogP contribution in [0, 0.1) is 5.82 Å². The van der Waals surface area contributed by atoms with Gasteiger partial charge in [0.1, 0.15) is 5.82 Å². The summed E-state index contributed by atoms with van der Waals surface area (Å²) in [6.07, 6.45) is 4.12. The average molecular weight is 426 g/mol. The maximum Gasteiger partial charge on any atom is 0.279 e. The van der Waals surface area contributed by atoms with Crippen LogP contribution in [0.1, 0.15) is 39.9 Å². The van der Waals surface area contributed by atoms with Crippen LogP contribution >= 0.6 is 11.3 Å². The maximum absolute atomic E-state index is 12.9. The number of carbonyl (C=O) groups is 2. The molecule has 3 N–H and O–H groups in total. The van der Waals surface area contributed by atoms with Gasteiger partial charge >= 0.3 is 0 Å². The van der Waals surface area contributed by atoms with E-state index in [0.29, 0.717) is 4.88 Å². The summed E-state index contributed by atoms with van der Waals surface area (Å²) in [4.78, 5) is 25.9. The Balaban J connectivity index is 1.56. The fraction of sp³-hybridized carbons (Fsp3) is 0.333. The van der Waals surface area contributed by atoms with E-state index in [1.165, 1.54) is 28.7 Å². The number of hydrogen-bond acceptors (Lipinski definition) is 5. The zero-order chi connectivity index (χ0) is 20.3. The molecule has 0 unspecified atom stereocenters. The summed E-state index contributed by atoms with van der Waals surface area (Å²) in [5.41, 5.74) is 5.71. The largest absolute Gasteiger partial charge is 0.279 e. The summed E-state index contributed by atoms with van der Waals surface area (Å²) in [5.74, 6) is -1.73. The molecule has 28 heavy (non-hydrogen) atoms. The molecule has 1 heterocycles. The Morgan fingerprint density at radius 3 is 2.46 bits per heavy atom. The van der Waals surface area contributed by atoms with E-state index in [2.05, 4.69) is 15.6 Å². The van der Waals surface area contributed by atoms with Crippen LogP contribution in [-0.4, -0.2) is 26.3 Å². The van der Waals surface area contributed by atoms with Gasteiger partial charge < -0.3 is 0 Å². The van der Waals surface area contributed by atoms with E-state index < -0.39 is 33.7 Å². The summed E-state index contributed by atoms with van der Waals surface area (Å²) < 4.78 is 39.6. The zero-order valence-electron chi connectivity index (χ0n) is 15.1. The summed E-state index contributed by atoms with van der Waals surface area (Å²) in [5, 5.41) is 0. The van der Waals surface area contributed by atoms with E-state index in [-0.39, 0.29) is 4.90 Å². The number of carbonyl (C=O) groups excluding carboxylic acids is 2. The molecule has 0 bridgehead atoms. The average Bonchev–Trinajstić information content (AvgIpc) is 3.10. The second kappa shape index (κ2) is 8.38. The van der Waals surface area contributed by atoms with E-state index in [0.717, 1.165) is 49.9 Å². The van der Waals surface area contributed by atoms with Crippen molar-refractivity contribution in [3.05, 3.63) is 51.5 Å². The molecule has 0 saturated carbocycles. The van der Waals surface area contributed by atoms with Crippen molar-refractivity contribution in [1.82, 2.24) is 15.6 Å². The Morgan fingerprint density at radius 1 is 1.11 bits per heavy atom. The lowest BCUT2D eigenvalue weighted by molar-refractivity contribution is -0.123. The third kappa shape index (κ3) is 4.75. The summed E-state index contributed by atoms with van der Waals surface area (Å²) >= 11 is 1.41. The standard InChI is InChI=1S/C18H20FN3O4S2/c1-11(22-28(25,26)14-8-6-13(19)7-9-14)17(23)20-21-18(24)16-10-12-4-2-3-5-15(12)27-16/h6-11,22H,2-5H2,1H3,(H,20,23)(H,21,24)/t11-/m1/s1. The number of sulfonamides is 1. The maximum atomic E-state index is 12.9. The van der Waals surface area contributed by atoms with Crippen LogP contribution in [-0.2, 0) is 27.7 Å². The number of amides is 2. The van der Waals surface area contributed by atoms with Crippen molar-refractivity contribution < 1.29 is 22.4 Å². The highest BCUT2D eigenvalue weighted by Gasteiger charge is 2.23. The summed E-state index contributed by atoms with van der Waals surface area (Å²) in [6.45, 7) is 1.34. The normalized spacial score (nSPS) is 14.8. The molecule has 0 saturated heterocycles. The van der Waals surface area contributed by atoms with Gasteiger partial charge in [-0.1, -0.05) is 0 Å². The van der Waals surface area contributed by atoms with Gasteiger partial charge in [-0.05, 0) is 68.5 Å². The molecule has 0 aliphatic heterocycles. The Bertz CT molecular complexity index is 963. The van der Waals surface area contributed by atoms with Crippen molar-refractivity contribution in [3.63, 3.8) is 0 Å². The van der Waals surface area contributed by atoms with Crippen LogP contribution in [0.25, 0.3) is 0 Å². The van der Waals surface area contributed by atoms with Gasteiger partial charge in [0, 0.05) is 4.88 Å². The molecule has 1 aliphatic carbocycles.